The number of amides is 1. The number of carbonyl (C=O) groups is 1. The number of rotatable bonds is 3. The summed E-state index contributed by atoms with van der Waals surface area (Å²) in [7, 11) is 0. The van der Waals surface area contributed by atoms with E-state index in [-0.39, 0.29) is 12.0 Å². The smallest absolute Gasteiger partial charge is 0.222 e. The van der Waals surface area contributed by atoms with E-state index in [0.29, 0.717) is 23.7 Å². The molecule has 3 heteroatoms. The lowest BCUT2D eigenvalue weighted by molar-refractivity contribution is -0.136. The van der Waals surface area contributed by atoms with Crippen LogP contribution in [0.4, 0.5) is 0 Å². The van der Waals surface area contributed by atoms with E-state index >= 15 is 0 Å². The molecule has 2 rings (SSSR count). The van der Waals surface area contributed by atoms with Gasteiger partial charge in [0.05, 0.1) is 6.61 Å². The fraction of sp³-hybridized carbons (Fsp3) is 0.941. The highest BCUT2D eigenvalue weighted by atomic mass is 16.3. The van der Waals surface area contributed by atoms with Crippen LogP contribution in [-0.4, -0.2) is 35.6 Å². The summed E-state index contributed by atoms with van der Waals surface area (Å²) in [5.74, 6) is 0.876. The Hall–Kier alpha value is -0.570. The normalized spacial score (nSPS) is 34.0. The first kappa shape index (κ1) is 15.8. The second-order valence-electron chi connectivity index (χ2n) is 8.22. The number of aliphatic hydroxyl groups is 1. The Labute approximate surface area is 123 Å². The summed E-state index contributed by atoms with van der Waals surface area (Å²) in [6, 6.07) is 0. The molecular weight excluding hydrogens is 250 g/mol. The van der Waals surface area contributed by atoms with Crippen LogP contribution >= 0.6 is 0 Å². The zero-order valence-corrected chi connectivity index (χ0v) is 13.5. The number of carbonyl (C=O) groups excluding carboxylic acids is 1. The molecule has 2 aliphatic rings. The monoisotopic (exact) mass is 281 g/mol. The minimum atomic E-state index is -0.0836. The van der Waals surface area contributed by atoms with Crippen molar-refractivity contribution in [2.24, 2.45) is 16.7 Å². The Kier molecular flexibility index (Phi) is 4.78. The molecule has 0 spiro atoms. The molecular formula is C17H31NO2. The third-order valence-electron chi connectivity index (χ3n) is 5.29. The highest BCUT2D eigenvalue weighted by Gasteiger charge is 2.34. The van der Waals surface area contributed by atoms with Crippen LogP contribution < -0.4 is 0 Å². The molecule has 0 aromatic heterocycles. The van der Waals surface area contributed by atoms with Gasteiger partial charge in [-0.1, -0.05) is 27.2 Å². The van der Waals surface area contributed by atoms with Gasteiger partial charge in [-0.3, -0.25) is 4.79 Å². The molecule has 116 valence electrons. The van der Waals surface area contributed by atoms with E-state index in [1.54, 1.807) is 0 Å². The maximum absolute atomic E-state index is 12.5. The molecule has 2 unspecified atom stereocenters. The molecule has 0 bridgehead atoms. The molecule has 1 amide bonds. The van der Waals surface area contributed by atoms with Crippen molar-refractivity contribution in [1.29, 1.82) is 0 Å². The summed E-state index contributed by atoms with van der Waals surface area (Å²) >= 11 is 0. The summed E-state index contributed by atoms with van der Waals surface area (Å²) in [6.07, 6.45) is 7.72. The fourth-order valence-corrected chi connectivity index (χ4v) is 4.06. The van der Waals surface area contributed by atoms with Gasteiger partial charge < -0.3 is 10.0 Å². The minimum Gasteiger partial charge on any atom is -0.396 e. The molecule has 1 N–H and O–H groups in total. The number of hydrogen-bond donors (Lipinski definition) is 1. The number of piperidine rings is 1. The van der Waals surface area contributed by atoms with Crippen LogP contribution in [0.25, 0.3) is 0 Å². The predicted molar refractivity (Wildman–Crippen MR) is 81.4 cm³/mol. The predicted octanol–water partition coefficient (Wildman–Crippen LogP) is 3.21. The van der Waals surface area contributed by atoms with E-state index in [0.717, 1.165) is 25.9 Å². The van der Waals surface area contributed by atoms with E-state index in [9.17, 15) is 9.90 Å². The summed E-state index contributed by atoms with van der Waals surface area (Å²) in [5.41, 5.74) is 0.324. The van der Waals surface area contributed by atoms with Crippen molar-refractivity contribution >= 4 is 5.91 Å². The van der Waals surface area contributed by atoms with Crippen molar-refractivity contribution in [3.8, 4) is 0 Å². The maximum atomic E-state index is 12.5. The van der Waals surface area contributed by atoms with Crippen molar-refractivity contribution in [3.05, 3.63) is 0 Å². The Balaban J connectivity index is 1.88. The summed E-state index contributed by atoms with van der Waals surface area (Å²) < 4.78 is 0. The molecule has 2 fully saturated rings. The molecule has 1 saturated heterocycles. The van der Waals surface area contributed by atoms with E-state index in [2.05, 4.69) is 20.8 Å². The molecule has 1 aliphatic heterocycles. The topological polar surface area (TPSA) is 40.5 Å². The molecule has 20 heavy (non-hydrogen) atoms. The van der Waals surface area contributed by atoms with Gasteiger partial charge in [0.1, 0.15) is 0 Å². The van der Waals surface area contributed by atoms with Gasteiger partial charge >= 0.3 is 0 Å². The highest BCUT2D eigenvalue weighted by Crippen LogP contribution is 2.40. The average Bonchev–Trinajstić information content (AvgIpc) is 2.37. The molecule has 0 radical (unpaired) electrons. The number of nitrogens with zero attached hydrogens (tertiary/aromatic N) is 1. The first-order chi connectivity index (χ1) is 9.34. The molecule has 0 aromatic rings. The van der Waals surface area contributed by atoms with Gasteiger partial charge in [0.15, 0.2) is 0 Å². The van der Waals surface area contributed by atoms with Crippen molar-refractivity contribution in [2.45, 2.75) is 65.7 Å². The van der Waals surface area contributed by atoms with Crippen LogP contribution in [0.5, 0.6) is 0 Å². The lowest BCUT2D eigenvalue weighted by atomic mass is 9.71. The van der Waals surface area contributed by atoms with Crippen molar-refractivity contribution < 1.29 is 9.90 Å². The summed E-state index contributed by atoms with van der Waals surface area (Å²) in [6.45, 7) is 8.55. The summed E-state index contributed by atoms with van der Waals surface area (Å²) in [5, 5.41) is 9.50. The molecule has 3 nitrogen and oxygen atoms in total. The zero-order valence-electron chi connectivity index (χ0n) is 13.5. The van der Waals surface area contributed by atoms with Crippen LogP contribution in [0.15, 0.2) is 0 Å². The second-order valence-corrected chi connectivity index (χ2v) is 8.22. The van der Waals surface area contributed by atoms with Crippen molar-refractivity contribution in [3.63, 3.8) is 0 Å². The van der Waals surface area contributed by atoms with Crippen molar-refractivity contribution in [2.75, 3.05) is 19.7 Å². The molecule has 1 saturated carbocycles. The molecule has 1 aliphatic carbocycles. The molecule has 2 atom stereocenters. The largest absolute Gasteiger partial charge is 0.396 e. The Morgan fingerprint density at radius 1 is 1.25 bits per heavy atom. The standard InChI is InChI=1S/C17H31NO2/c1-16(2)7-4-6-14(11-16)10-15(20)18-9-5-8-17(3,12-18)13-19/h14,19H,4-13H2,1-3H3. The van der Waals surface area contributed by atoms with E-state index < -0.39 is 0 Å². The van der Waals surface area contributed by atoms with Gasteiger partial charge in [-0.2, -0.15) is 0 Å². The van der Waals surface area contributed by atoms with Crippen molar-refractivity contribution in [1.82, 2.24) is 4.90 Å². The van der Waals surface area contributed by atoms with Gasteiger partial charge in [0.2, 0.25) is 5.91 Å². The van der Waals surface area contributed by atoms with E-state index in [1.165, 1.54) is 25.7 Å². The maximum Gasteiger partial charge on any atom is 0.222 e. The number of hydrogen-bond acceptors (Lipinski definition) is 2. The van der Waals surface area contributed by atoms with Crippen LogP contribution in [0, 0.1) is 16.7 Å². The van der Waals surface area contributed by atoms with Gasteiger partial charge in [0.25, 0.3) is 0 Å². The first-order valence-electron chi connectivity index (χ1n) is 8.22. The van der Waals surface area contributed by atoms with Gasteiger partial charge in [-0.25, -0.2) is 0 Å². The zero-order chi connectivity index (χ0) is 14.8. The lowest BCUT2D eigenvalue weighted by Crippen LogP contribution is -2.47. The van der Waals surface area contributed by atoms with Crippen LogP contribution in [-0.2, 0) is 4.79 Å². The van der Waals surface area contributed by atoms with Crippen LogP contribution in [0.2, 0.25) is 0 Å². The second kappa shape index (κ2) is 6.05. The minimum absolute atomic E-state index is 0.0836. The van der Waals surface area contributed by atoms with Crippen LogP contribution in [0.3, 0.4) is 0 Å². The lowest BCUT2D eigenvalue weighted by Gasteiger charge is -2.41. The third-order valence-corrected chi connectivity index (χ3v) is 5.29. The average molecular weight is 281 g/mol. The fourth-order valence-electron chi connectivity index (χ4n) is 4.06. The first-order valence-corrected chi connectivity index (χ1v) is 8.22. The van der Waals surface area contributed by atoms with E-state index in [4.69, 9.17) is 0 Å². The highest BCUT2D eigenvalue weighted by molar-refractivity contribution is 5.76. The Morgan fingerprint density at radius 2 is 2.00 bits per heavy atom. The quantitative estimate of drug-likeness (QED) is 0.863. The van der Waals surface area contributed by atoms with Gasteiger partial charge in [-0.05, 0) is 43.4 Å². The van der Waals surface area contributed by atoms with E-state index in [1.807, 2.05) is 4.90 Å². The third kappa shape index (κ3) is 3.97. The molecule has 0 aromatic carbocycles. The summed E-state index contributed by atoms with van der Waals surface area (Å²) in [4.78, 5) is 14.5. The van der Waals surface area contributed by atoms with Gasteiger partial charge in [0, 0.05) is 24.9 Å². The Morgan fingerprint density at radius 3 is 2.65 bits per heavy atom. The number of likely N-dealkylation sites (tertiary alicyclic amines) is 1. The molecule has 1 heterocycles. The number of aliphatic hydroxyl groups excluding tert-OH is 1. The van der Waals surface area contributed by atoms with Crippen LogP contribution in [0.1, 0.15) is 65.7 Å². The Bertz CT molecular complexity index is 353. The van der Waals surface area contributed by atoms with Gasteiger partial charge in [-0.15, -0.1) is 0 Å². The SMILES string of the molecule is CC1(C)CCCC(CC(=O)N2CCCC(C)(CO)C2)C1.